The van der Waals surface area contributed by atoms with Crippen LogP contribution in [-0.4, -0.2) is 17.9 Å². The van der Waals surface area contributed by atoms with Gasteiger partial charge >= 0.3 is 0 Å². The first kappa shape index (κ1) is 22.6. The van der Waals surface area contributed by atoms with Gasteiger partial charge < -0.3 is 4.74 Å². The van der Waals surface area contributed by atoms with Crippen LogP contribution < -0.4 is 10.2 Å². The van der Waals surface area contributed by atoms with Crippen molar-refractivity contribution >= 4 is 34.7 Å². The Hall–Kier alpha value is -3.57. The lowest BCUT2D eigenvalue weighted by Crippen LogP contribution is -2.19. The first-order valence-corrected chi connectivity index (χ1v) is 12.0. The van der Waals surface area contributed by atoms with Crippen LogP contribution in [0.4, 0.5) is 0 Å². The van der Waals surface area contributed by atoms with E-state index in [1.165, 1.54) is 21.9 Å². The molecule has 166 valence electrons. The molecule has 0 radical (unpaired) electrons. The fraction of sp³-hybridized carbons (Fsp3) is 0.143. The van der Waals surface area contributed by atoms with Crippen LogP contribution in [-0.2, 0) is 17.2 Å². The van der Waals surface area contributed by atoms with Gasteiger partial charge in [-0.2, -0.15) is 5.10 Å². The second-order valence-electron chi connectivity index (χ2n) is 7.81. The minimum atomic E-state index is -0.112. The Labute approximate surface area is 198 Å². The lowest BCUT2D eigenvalue weighted by molar-refractivity contribution is -0.118. The Morgan fingerprint density at radius 2 is 1.64 bits per heavy atom. The molecule has 0 saturated carbocycles. The fourth-order valence-electron chi connectivity index (χ4n) is 3.30. The monoisotopic (exact) mass is 454 g/mol. The number of hydrazone groups is 1. The normalized spacial score (nSPS) is 11.1. The van der Waals surface area contributed by atoms with E-state index in [1.807, 2.05) is 36.4 Å². The maximum Gasteiger partial charge on any atom is 0.250 e. The summed E-state index contributed by atoms with van der Waals surface area (Å²) in [5.41, 5.74) is 7.05. The topological polar surface area (TPSA) is 50.7 Å². The summed E-state index contributed by atoms with van der Waals surface area (Å²) >= 11 is 1.57. The summed E-state index contributed by atoms with van der Waals surface area (Å²) in [5.74, 6) is 1.85. The van der Waals surface area contributed by atoms with Crippen molar-refractivity contribution in [1.82, 2.24) is 5.43 Å². The SMILES string of the molecule is Cc1ccc(CSCC(=O)N/N=C/c2ccc(OCc3ccc4ccccc4c3)cc2)cc1. The van der Waals surface area contributed by atoms with Crippen LogP contribution in [0.3, 0.4) is 0 Å². The number of aryl methyl sites for hydroxylation is 1. The molecule has 1 N–H and O–H groups in total. The van der Waals surface area contributed by atoms with Crippen molar-refractivity contribution in [3.8, 4) is 5.75 Å². The lowest BCUT2D eigenvalue weighted by atomic mass is 10.1. The van der Waals surface area contributed by atoms with E-state index in [9.17, 15) is 4.79 Å². The molecule has 0 bridgehead atoms. The van der Waals surface area contributed by atoms with Gasteiger partial charge in [-0.3, -0.25) is 4.79 Å². The zero-order valence-electron chi connectivity index (χ0n) is 18.5. The van der Waals surface area contributed by atoms with Gasteiger partial charge in [0.2, 0.25) is 5.91 Å². The number of fused-ring (bicyclic) bond motifs is 1. The van der Waals surface area contributed by atoms with E-state index in [1.54, 1.807) is 18.0 Å². The molecule has 4 rings (SSSR count). The minimum absolute atomic E-state index is 0.112. The van der Waals surface area contributed by atoms with Crippen molar-refractivity contribution in [2.75, 3.05) is 5.75 Å². The summed E-state index contributed by atoms with van der Waals surface area (Å²) < 4.78 is 5.91. The second-order valence-corrected chi connectivity index (χ2v) is 8.80. The quantitative estimate of drug-likeness (QED) is 0.245. The molecule has 0 unspecified atom stereocenters. The van der Waals surface area contributed by atoms with Gasteiger partial charge in [0.05, 0.1) is 12.0 Å². The number of benzene rings is 4. The van der Waals surface area contributed by atoms with Crippen molar-refractivity contribution in [3.05, 3.63) is 113 Å². The van der Waals surface area contributed by atoms with Crippen LogP contribution in [0.2, 0.25) is 0 Å². The van der Waals surface area contributed by atoms with Crippen LogP contribution in [0, 0.1) is 6.92 Å². The smallest absolute Gasteiger partial charge is 0.250 e. The summed E-state index contributed by atoms with van der Waals surface area (Å²) in [6.45, 7) is 2.57. The van der Waals surface area contributed by atoms with E-state index in [4.69, 9.17) is 4.74 Å². The number of carbonyl (C=O) groups is 1. The highest BCUT2D eigenvalue weighted by Gasteiger charge is 2.02. The van der Waals surface area contributed by atoms with E-state index < -0.39 is 0 Å². The summed E-state index contributed by atoms with van der Waals surface area (Å²) in [5, 5.41) is 6.49. The van der Waals surface area contributed by atoms with E-state index in [0.717, 1.165) is 22.6 Å². The van der Waals surface area contributed by atoms with Crippen LogP contribution in [0.5, 0.6) is 5.75 Å². The third kappa shape index (κ3) is 6.96. The molecule has 4 aromatic rings. The average molecular weight is 455 g/mol. The Bertz CT molecular complexity index is 1230. The number of nitrogens with one attached hydrogen (secondary N) is 1. The molecular weight excluding hydrogens is 428 g/mol. The summed E-state index contributed by atoms with van der Waals surface area (Å²) in [6, 6.07) is 30.6. The van der Waals surface area contributed by atoms with Crippen LogP contribution in [0.25, 0.3) is 10.8 Å². The molecule has 0 atom stereocenters. The zero-order valence-corrected chi connectivity index (χ0v) is 19.3. The highest BCUT2D eigenvalue weighted by atomic mass is 32.2. The first-order valence-electron chi connectivity index (χ1n) is 10.8. The largest absolute Gasteiger partial charge is 0.489 e. The summed E-state index contributed by atoms with van der Waals surface area (Å²) in [4.78, 5) is 12.0. The van der Waals surface area contributed by atoms with Crippen LogP contribution >= 0.6 is 11.8 Å². The van der Waals surface area contributed by atoms with E-state index in [2.05, 4.69) is 72.0 Å². The maximum absolute atomic E-state index is 12.0. The van der Waals surface area contributed by atoms with Crippen molar-refractivity contribution in [1.29, 1.82) is 0 Å². The lowest BCUT2D eigenvalue weighted by Gasteiger charge is -2.07. The van der Waals surface area contributed by atoms with Crippen molar-refractivity contribution in [2.24, 2.45) is 5.10 Å². The summed E-state index contributed by atoms with van der Waals surface area (Å²) in [6.07, 6.45) is 1.63. The standard InChI is InChI=1S/C28H26N2O2S/c1-21-6-8-23(9-7-21)19-33-20-28(31)30-29-17-22-11-14-27(15-12-22)32-18-24-10-13-25-4-2-3-5-26(25)16-24/h2-17H,18-20H2,1H3,(H,30,31)/b29-17+. The third-order valence-electron chi connectivity index (χ3n) is 5.12. The molecule has 0 fully saturated rings. The van der Waals surface area contributed by atoms with Crippen molar-refractivity contribution < 1.29 is 9.53 Å². The highest BCUT2D eigenvalue weighted by Crippen LogP contribution is 2.18. The molecule has 0 aliphatic heterocycles. The number of hydrogen-bond acceptors (Lipinski definition) is 4. The van der Waals surface area contributed by atoms with Gasteiger partial charge in [0, 0.05) is 5.75 Å². The molecular formula is C28H26N2O2S. The Kier molecular flexibility index (Phi) is 7.77. The molecule has 0 aromatic heterocycles. The van der Waals surface area contributed by atoms with Crippen molar-refractivity contribution in [3.63, 3.8) is 0 Å². The Morgan fingerprint density at radius 1 is 0.909 bits per heavy atom. The van der Waals surface area contributed by atoms with E-state index >= 15 is 0 Å². The van der Waals surface area contributed by atoms with E-state index in [0.29, 0.717) is 12.4 Å². The number of amides is 1. The van der Waals surface area contributed by atoms with Gasteiger partial charge in [0.15, 0.2) is 0 Å². The molecule has 4 aromatic carbocycles. The van der Waals surface area contributed by atoms with Gasteiger partial charge in [-0.15, -0.1) is 11.8 Å². The highest BCUT2D eigenvalue weighted by molar-refractivity contribution is 7.99. The molecule has 33 heavy (non-hydrogen) atoms. The first-order chi connectivity index (χ1) is 16.2. The Morgan fingerprint density at radius 3 is 2.42 bits per heavy atom. The Balaban J connectivity index is 1.19. The van der Waals surface area contributed by atoms with E-state index in [-0.39, 0.29) is 5.91 Å². The number of nitrogens with zero attached hydrogens (tertiary/aromatic N) is 1. The fourth-order valence-corrected chi connectivity index (χ4v) is 4.08. The molecule has 5 heteroatoms. The number of hydrogen-bond donors (Lipinski definition) is 1. The molecule has 0 spiro atoms. The average Bonchev–Trinajstić information content (AvgIpc) is 2.85. The van der Waals surface area contributed by atoms with Gasteiger partial charge in [0.1, 0.15) is 12.4 Å². The molecule has 1 amide bonds. The van der Waals surface area contributed by atoms with Crippen LogP contribution in [0.15, 0.2) is 96.1 Å². The molecule has 0 saturated heterocycles. The number of rotatable bonds is 9. The number of ether oxygens (including phenoxy) is 1. The predicted octanol–water partition coefficient (Wildman–Crippen LogP) is 6.11. The second kappa shape index (κ2) is 11.3. The van der Waals surface area contributed by atoms with Crippen molar-refractivity contribution in [2.45, 2.75) is 19.3 Å². The van der Waals surface area contributed by atoms with Crippen LogP contribution in [0.1, 0.15) is 22.3 Å². The molecule has 0 aliphatic carbocycles. The minimum Gasteiger partial charge on any atom is -0.489 e. The number of thioether (sulfide) groups is 1. The number of carbonyl (C=O) groups excluding carboxylic acids is 1. The third-order valence-corrected chi connectivity index (χ3v) is 6.13. The molecule has 0 heterocycles. The van der Waals surface area contributed by atoms with Gasteiger partial charge in [-0.05, 0) is 64.7 Å². The molecule has 4 nitrogen and oxygen atoms in total. The molecule has 0 aliphatic rings. The maximum atomic E-state index is 12.0. The summed E-state index contributed by atoms with van der Waals surface area (Å²) in [7, 11) is 0. The predicted molar refractivity (Wildman–Crippen MR) is 138 cm³/mol. The van der Waals surface area contributed by atoms with Gasteiger partial charge in [0.25, 0.3) is 0 Å². The van der Waals surface area contributed by atoms with Gasteiger partial charge in [-0.1, -0.05) is 66.2 Å². The van der Waals surface area contributed by atoms with Gasteiger partial charge in [-0.25, -0.2) is 5.43 Å². The zero-order chi connectivity index (χ0) is 22.9.